The highest BCUT2D eigenvalue weighted by Crippen LogP contribution is 2.18. The predicted octanol–water partition coefficient (Wildman–Crippen LogP) is 4.71. The molecule has 2 aromatic rings. The zero-order valence-corrected chi connectivity index (χ0v) is 16.1. The fourth-order valence-corrected chi connectivity index (χ4v) is 3.36. The first kappa shape index (κ1) is 19.5. The van der Waals surface area contributed by atoms with Gasteiger partial charge in [0, 0.05) is 25.4 Å². The number of carbonyl (C=O) groups is 1. The summed E-state index contributed by atoms with van der Waals surface area (Å²) in [4.78, 5) is 17.0. The van der Waals surface area contributed by atoms with Crippen LogP contribution in [0.5, 0.6) is 0 Å². The molecule has 0 saturated carbocycles. The number of hydrogen-bond donors (Lipinski definition) is 1. The molecule has 0 aliphatic heterocycles. The Bertz CT molecular complexity index is 658. The van der Waals surface area contributed by atoms with Crippen LogP contribution in [0.2, 0.25) is 0 Å². The molecular weight excluding hydrogens is 310 g/mol. The Hall–Kier alpha value is -1.84. The Labute approximate surface area is 152 Å². The van der Waals surface area contributed by atoms with E-state index in [4.69, 9.17) is 4.98 Å². The zero-order chi connectivity index (χ0) is 18.1. The van der Waals surface area contributed by atoms with Crippen LogP contribution >= 0.6 is 0 Å². The molecule has 1 aromatic carbocycles. The van der Waals surface area contributed by atoms with Gasteiger partial charge < -0.3 is 9.88 Å². The maximum absolute atomic E-state index is 12.2. The summed E-state index contributed by atoms with van der Waals surface area (Å²) in [6.45, 7) is 8.05. The minimum absolute atomic E-state index is 0.132. The number of fused-ring (bicyclic) bond motifs is 1. The molecule has 1 aromatic heterocycles. The minimum atomic E-state index is 0.132. The van der Waals surface area contributed by atoms with E-state index in [1.165, 1.54) is 31.2 Å². The molecule has 2 rings (SSSR count). The summed E-state index contributed by atoms with van der Waals surface area (Å²) >= 11 is 0. The summed E-state index contributed by atoms with van der Waals surface area (Å²) in [7, 11) is 0. The topological polar surface area (TPSA) is 46.9 Å². The van der Waals surface area contributed by atoms with Crippen LogP contribution in [0, 0.1) is 5.92 Å². The van der Waals surface area contributed by atoms with Crippen molar-refractivity contribution in [3.05, 3.63) is 30.1 Å². The Morgan fingerprint density at radius 2 is 1.88 bits per heavy atom. The Morgan fingerprint density at radius 3 is 2.60 bits per heavy atom. The van der Waals surface area contributed by atoms with Crippen molar-refractivity contribution in [1.29, 1.82) is 0 Å². The van der Waals surface area contributed by atoms with Crippen LogP contribution in [-0.2, 0) is 17.8 Å². The van der Waals surface area contributed by atoms with Crippen LogP contribution in [0.15, 0.2) is 24.3 Å². The highest BCUT2D eigenvalue weighted by molar-refractivity contribution is 5.78. The van der Waals surface area contributed by atoms with E-state index < -0.39 is 0 Å². The number of benzene rings is 1. The molecular formula is C21H33N3O. The maximum Gasteiger partial charge on any atom is 0.223 e. The lowest BCUT2D eigenvalue weighted by atomic mass is 10.0. The summed E-state index contributed by atoms with van der Waals surface area (Å²) < 4.78 is 2.34. The lowest BCUT2D eigenvalue weighted by molar-refractivity contribution is -0.125. The zero-order valence-electron chi connectivity index (χ0n) is 16.1. The average molecular weight is 344 g/mol. The first-order chi connectivity index (χ1) is 12.2. The predicted molar refractivity (Wildman–Crippen MR) is 105 cm³/mol. The molecule has 0 aliphatic carbocycles. The average Bonchev–Trinajstić information content (AvgIpc) is 2.97. The number of amides is 1. The van der Waals surface area contributed by atoms with Gasteiger partial charge in [0.05, 0.1) is 11.0 Å². The van der Waals surface area contributed by atoms with Crippen LogP contribution < -0.4 is 5.32 Å². The second kappa shape index (κ2) is 10.2. The quantitative estimate of drug-likeness (QED) is 0.601. The van der Waals surface area contributed by atoms with Crippen molar-refractivity contribution < 1.29 is 4.79 Å². The second-order valence-corrected chi connectivity index (χ2v) is 6.78. The Kier molecular flexibility index (Phi) is 7.96. The maximum atomic E-state index is 12.2. The summed E-state index contributed by atoms with van der Waals surface area (Å²) in [5, 5.41) is 3.09. The number of hydrogen-bond acceptors (Lipinski definition) is 2. The first-order valence-corrected chi connectivity index (χ1v) is 9.93. The number of rotatable bonds is 11. The monoisotopic (exact) mass is 343 g/mol. The van der Waals surface area contributed by atoms with Crippen molar-refractivity contribution in [2.75, 3.05) is 6.54 Å². The third-order valence-electron chi connectivity index (χ3n) is 4.97. The van der Waals surface area contributed by atoms with Gasteiger partial charge in [-0.3, -0.25) is 4.79 Å². The molecule has 0 bridgehead atoms. The van der Waals surface area contributed by atoms with Crippen molar-refractivity contribution in [1.82, 2.24) is 14.9 Å². The van der Waals surface area contributed by atoms with E-state index in [0.29, 0.717) is 6.54 Å². The smallest absolute Gasteiger partial charge is 0.223 e. The number of aryl methyl sites for hydroxylation is 1. The molecule has 0 aliphatic rings. The van der Waals surface area contributed by atoms with E-state index >= 15 is 0 Å². The summed E-state index contributed by atoms with van der Waals surface area (Å²) in [5.41, 5.74) is 2.26. The van der Waals surface area contributed by atoms with E-state index in [2.05, 4.69) is 48.9 Å². The molecule has 0 fully saturated rings. The van der Waals surface area contributed by atoms with Crippen LogP contribution in [0.3, 0.4) is 0 Å². The Balaban J connectivity index is 2.02. The molecule has 4 heteroatoms. The van der Waals surface area contributed by atoms with E-state index in [0.717, 1.165) is 37.1 Å². The minimum Gasteiger partial charge on any atom is -0.355 e. The molecule has 25 heavy (non-hydrogen) atoms. The number of para-hydroxylation sites is 2. The van der Waals surface area contributed by atoms with E-state index in [1.54, 1.807) is 0 Å². The van der Waals surface area contributed by atoms with Gasteiger partial charge in [0.1, 0.15) is 5.82 Å². The molecule has 138 valence electrons. The summed E-state index contributed by atoms with van der Waals surface area (Å²) in [6.07, 6.45) is 7.56. The van der Waals surface area contributed by atoms with Crippen molar-refractivity contribution in [3.63, 3.8) is 0 Å². The fourth-order valence-electron chi connectivity index (χ4n) is 3.36. The van der Waals surface area contributed by atoms with Crippen molar-refractivity contribution >= 4 is 16.9 Å². The van der Waals surface area contributed by atoms with Crippen molar-refractivity contribution in [2.24, 2.45) is 5.92 Å². The fraction of sp³-hybridized carbons (Fsp3) is 0.619. The number of unbranched alkanes of at least 4 members (excludes halogenated alkanes) is 3. The molecule has 0 unspecified atom stereocenters. The molecule has 0 spiro atoms. The van der Waals surface area contributed by atoms with Crippen LogP contribution in [-0.4, -0.2) is 22.0 Å². The molecule has 0 saturated heterocycles. The summed E-state index contributed by atoms with van der Waals surface area (Å²) in [6, 6.07) is 8.33. The molecule has 0 radical (unpaired) electrons. The van der Waals surface area contributed by atoms with Crippen LogP contribution in [0.4, 0.5) is 0 Å². The van der Waals surface area contributed by atoms with Gasteiger partial charge in [-0.05, 0) is 31.4 Å². The van der Waals surface area contributed by atoms with Gasteiger partial charge in [-0.2, -0.15) is 0 Å². The van der Waals surface area contributed by atoms with E-state index in [9.17, 15) is 4.79 Å². The number of nitrogens with zero attached hydrogens (tertiary/aromatic N) is 2. The van der Waals surface area contributed by atoms with Gasteiger partial charge in [-0.15, -0.1) is 0 Å². The SMILES string of the molecule is CCCCCCn1c(CCNC(=O)C(CC)CC)nc2ccccc21. The second-order valence-electron chi connectivity index (χ2n) is 6.78. The standard InChI is InChI=1S/C21H33N3O/c1-4-7-8-11-16-24-19-13-10-9-12-18(19)23-20(24)14-15-22-21(25)17(5-2)6-3/h9-10,12-13,17H,4-8,11,14-16H2,1-3H3,(H,22,25). The lowest BCUT2D eigenvalue weighted by Gasteiger charge is -2.13. The van der Waals surface area contributed by atoms with Crippen molar-refractivity contribution in [2.45, 2.75) is 72.3 Å². The summed E-state index contributed by atoms with van der Waals surface area (Å²) in [5.74, 6) is 1.39. The third kappa shape index (κ3) is 5.32. The largest absolute Gasteiger partial charge is 0.355 e. The molecule has 1 heterocycles. The van der Waals surface area contributed by atoms with Gasteiger partial charge in [0.2, 0.25) is 5.91 Å². The third-order valence-corrected chi connectivity index (χ3v) is 4.97. The van der Waals surface area contributed by atoms with Gasteiger partial charge in [0.15, 0.2) is 0 Å². The lowest BCUT2D eigenvalue weighted by Crippen LogP contribution is -2.32. The number of nitrogens with one attached hydrogen (secondary N) is 1. The number of carbonyl (C=O) groups excluding carboxylic acids is 1. The van der Waals surface area contributed by atoms with Gasteiger partial charge >= 0.3 is 0 Å². The van der Waals surface area contributed by atoms with E-state index in [1.807, 2.05) is 6.07 Å². The van der Waals surface area contributed by atoms with Crippen LogP contribution in [0.25, 0.3) is 11.0 Å². The first-order valence-electron chi connectivity index (χ1n) is 9.93. The van der Waals surface area contributed by atoms with Crippen molar-refractivity contribution in [3.8, 4) is 0 Å². The molecule has 1 N–H and O–H groups in total. The van der Waals surface area contributed by atoms with E-state index in [-0.39, 0.29) is 11.8 Å². The highest BCUT2D eigenvalue weighted by Gasteiger charge is 2.14. The number of aromatic nitrogens is 2. The van der Waals surface area contributed by atoms with Gasteiger partial charge in [-0.1, -0.05) is 52.2 Å². The molecule has 0 atom stereocenters. The normalized spacial score (nSPS) is 11.4. The highest BCUT2D eigenvalue weighted by atomic mass is 16.1. The van der Waals surface area contributed by atoms with Crippen LogP contribution in [0.1, 0.15) is 65.1 Å². The molecule has 1 amide bonds. The molecule has 4 nitrogen and oxygen atoms in total. The number of imidazole rings is 1. The Morgan fingerprint density at radius 1 is 1.12 bits per heavy atom. The van der Waals surface area contributed by atoms with Gasteiger partial charge in [-0.25, -0.2) is 4.98 Å². The van der Waals surface area contributed by atoms with Gasteiger partial charge in [0.25, 0.3) is 0 Å².